The second kappa shape index (κ2) is 14.6. The number of carbonyl (C=O) groups is 9. The number of nitrogens with zero attached hydrogens (tertiary/aromatic N) is 7. The minimum atomic E-state index is -0.902. The highest BCUT2D eigenvalue weighted by Gasteiger charge is 2.58. The quantitative estimate of drug-likeness (QED) is 0.170. The van der Waals surface area contributed by atoms with Crippen LogP contribution >= 0.6 is 0 Å². The Kier molecular flexibility index (Phi) is 9.44. The number of hydrogen-bond acceptors (Lipinski definition) is 10. The smallest absolute Gasteiger partial charge is 0.298 e. The van der Waals surface area contributed by atoms with Gasteiger partial charge in [-0.15, -0.1) is 0 Å². The number of carbonyl (C=O) groups excluding carboxylic acids is 9. The zero-order chi connectivity index (χ0) is 44.0. The van der Waals surface area contributed by atoms with E-state index in [9.17, 15) is 43.2 Å². The van der Waals surface area contributed by atoms with Gasteiger partial charge in [-0.05, 0) is 185 Å². The second-order valence-corrected chi connectivity index (χ2v) is 24.0. The Hall–Kier alpha value is -4.21. The van der Waals surface area contributed by atoms with E-state index < -0.39 is 53.5 Å². The third-order valence-corrected chi connectivity index (χ3v) is 19.3. The molecule has 15 fully saturated rings. The highest BCUT2D eigenvalue weighted by molar-refractivity contribution is 6.45. The Bertz CT molecular complexity index is 1800. The van der Waals surface area contributed by atoms with Crippen molar-refractivity contribution in [2.45, 2.75) is 116 Å². The van der Waals surface area contributed by atoms with Gasteiger partial charge < -0.3 is 0 Å². The molecule has 16 heteroatoms. The van der Waals surface area contributed by atoms with Crippen molar-refractivity contribution in [2.24, 2.45) is 69.5 Å². The Morgan fingerprint density at radius 1 is 0.312 bits per heavy atom. The zero-order valence-electron chi connectivity index (χ0n) is 37.1. The van der Waals surface area contributed by atoms with Crippen LogP contribution in [0.4, 0.5) is 14.4 Å². The van der Waals surface area contributed by atoms with Crippen LogP contribution in [0.15, 0.2) is 0 Å². The molecule has 12 bridgehead atoms. The molecule has 0 unspecified atom stereocenters. The largest absolute Gasteiger partial charge is 0.334 e. The van der Waals surface area contributed by atoms with Crippen molar-refractivity contribution in [3.63, 3.8) is 0 Å². The van der Waals surface area contributed by atoms with E-state index in [0.29, 0.717) is 53.3 Å². The number of amides is 12. The molecule has 344 valence electrons. The molecule has 0 radical (unpaired) electrons. The third kappa shape index (κ3) is 6.70. The maximum absolute atomic E-state index is 13.9. The van der Waals surface area contributed by atoms with Crippen molar-refractivity contribution < 1.29 is 43.2 Å². The molecule has 16 nitrogen and oxygen atoms in total. The van der Waals surface area contributed by atoms with Crippen LogP contribution in [-0.2, 0) is 28.8 Å². The third-order valence-electron chi connectivity index (χ3n) is 19.3. The highest BCUT2D eigenvalue weighted by Crippen LogP contribution is 2.63. The highest BCUT2D eigenvalue weighted by atomic mass is 16.2. The number of urea groups is 3. The van der Waals surface area contributed by atoms with Crippen LogP contribution in [0.5, 0.6) is 0 Å². The summed E-state index contributed by atoms with van der Waals surface area (Å²) in [5.74, 6) is 0.199. The lowest BCUT2D eigenvalue weighted by Crippen LogP contribution is -2.52. The van der Waals surface area contributed by atoms with Gasteiger partial charge in [0, 0.05) is 58.9 Å². The standard InChI is InChI=1S/C48H63N7O9/c56-37-40(59)53(25-46-16-28-7-29(17-46)9-30(8-28)18-46)43(62)50(37)4-1-49(2-5-51-38(57)41(60)54(44(51)63)26-47-19-31-10-32(20-47)12-33(11-31)21-47)3-6-52-39(58)42(61)55(45(52)64)27-48-22-34-13-35(23-48)15-36(14-34)24-48/h28-36H,1-27H2. The van der Waals surface area contributed by atoms with Gasteiger partial charge >= 0.3 is 53.5 Å². The predicted molar refractivity (Wildman–Crippen MR) is 225 cm³/mol. The molecular weight excluding hydrogens is 819 g/mol. The van der Waals surface area contributed by atoms with Gasteiger partial charge in [0.25, 0.3) is 0 Å². The van der Waals surface area contributed by atoms with Gasteiger partial charge in [0.05, 0.1) is 0 Å². The minimum absolute atomic E-state index is 0.00171. The normalized spacial score (nSPS) is 41.8. The lowest BCUT2D eigenvalue weighted by molar-refractivity contribution is -0.145. The van der Waals surface area contributed by atoms with Gasteiger partial charge in [0.2, 0.25) is 0 Å². The molecular formula is C48H63N7O9. The van der Waals surface area contributed by atoms with Gasteiger partial charge in [-0.3, -0.25) is 63.1 Å². The Labute approximate surface area is 374 Å². The average molecular weight is 882 g/mol. The summed E-state index contributed by atoms with van der Waals surface area (Å²) in [5.41, 5.74) is -0.476. The van der Waals surface area contributed by atoms with Gasteiger partial charge in [0.1, 0.15) is 0 Å². The molecule has 0 aromatic carbocycles. The van der Waals surface area contributed by atoms with Crippen molar-refractivity contribution in [1.29, 1.82) is 0 Å². The fourth-order valence-electron chi connectivity index (χ4n) is 18.2. The van der Waals surface area contributed by atoms with E-state index in [1.165, 1.54) is 57.8 Å². The van der Waals surface area contributed by atoms with E-state index in [2.05, 4.69) is 0 Å². The number of imide groups is 6. The first-order chi connectivity index (χ1) is 30.6. The first-order valence-corrected chi connectivity index (χ1v) is 24.9. The van der Waals surface area contributed by atoms with Crippen molar-refractivity contribution in [3.05, 3.63) is 0 Å². The summed E-state index contributed by atoms with van der Waals surface area (Å²) in [4.78, 5) is 131. The molecule has 12 saturated carbocycles. The molecule has 3 heterocycles. The van der Waals surface area contributed by atoms with Crippen molar-refractivity contribution in [2.75, 3.05) is 58.9 Å². The van der Waals surface area contributed by atoms with Crippen LogP contribution in [-0.4, -0.2) is 147 Å². The summed E-state index contributed by atoms with van der Waals surface area (Å²) < 4.78 is 0. The first kappa shape index (κ1) is 41.2. The summed E-state index contributed by atoms with van der Waals surface area (Å²) in [6.45, 7) is 0.158. The summed E-state index contributed by atoms with van der Waals surface area (Å²) >= 11 is 0. The van der Waals surface area contributed by atoms with Crippen LogP contribution in [0.1, 0.15) is 116 Å². The summed E-state index contributed by atoms with van der Waals surface area (Å²) in [5, 5.41) is 0. The van der Waals surface area contributed by atoms with Gasteiger partial charge in [-0.25, -0.2) is 14.4 Å². The van der Waals surface area contributed by atoms with Gasteiger partial charge in [-0.1, -0.05) is 0 Å². The molecule has 64 heavy (non-hydrogen) atoms. The van der Waals surface area contributed by atoms with Crippen molar-refractivity contribution in [3.8, 4) is 0 Å². The lowest BCUT2D eigenvalue weighted by Gasteiger charge is -2.57. The predicted octanol–water partition coefficient (Wildman–Crippen LogP) is 4.31. The average Bonchev–Trinajstić information content (AvgIpc) is 3.64. The van der Waals surface area contributed by atoms with E-state index in [-0.39, 0.29) is 75.1 Å². The summed E-state index contributed by atoms with van der Waals surface area (Å²) in [7, 11) is 0. The summed E-state index contributed by atoms with van der Waals surface area (Å²) in [6.07, 6.45) is 19.5. The van der Waals surface area contributed by atoms with Crippen LogP contribution < -0.4 is 0 Å². The second-order valence-electron chi connectivity index (χ2n) is 24.0. The van der Waals surface area contributed by atoms with Gasteiger partial charge in [-0.2, -0.15) is 0 Å². The fourth-order valence-corrected chi connectivity index (χ4v) is 18.2. The van der Waals surface area contributed by atoms with Crippen molar-refractivity contribution >= 4 is 53.5 Å². The molecule has 0 aromatic rings. The van der Waals surface area contributed by atoms with Crippen LogP contribution in [0.25, 0.3) is 0 Å². The Balaban J connectivity index is 0.736. The number of hydrogen-bond donors (Lipinski definition) is 0. The molecule has 12 amide bonds. The van der Waals surface area contributed by atoms with Crippen LogP contribution in [0.2, 0.25) is 0 Å². The fraction of sp³-hybridized carbons (Fsp3) is 0.812. The maximum atomic E-state index is 13.9. The molecule has 12 aliphatic carbocycles. The van der Waals surface area contributed by atoms with E-state index >= 15 is 0 Å². The molecule has 0 aromatic heterocycles. The topological polar surface area (TPSA) is 176 Å². The van der Waals surface area contributed by atoms with Crippen LogP contribution in [0, 0.1) is 69.5 Å². The van der Waals surface area contributed by atoms with Crippen LogP contribution in [0.3, 0.4) is 0 Å². The van der Waals surface area contributed by atoms with Crippen molar-refractivity contribution in [1.82, 2.24) is 34.3 Å². The Morgan fingerprint density at radius 3 is 0.703 bits per heavy atom. The molecule has 15 rings (SSSR count). The SMILES string of the molecule is O=C1C(=O)N(CC23CC4CC(CC(C4)C2)C3)C(=O)N1CCN(CCN1C(=O)C(=O)N(CC23CC4CC(CC(C4)C2)C3)C1=O)CCN1C(=O)C(=O)N(CC23CC4CC(CC(C4)C2)C3)C1=O. The minimum Gasteiger partial charge on any atom is -0.298 e. The molecule has 3 saturated heterocycles. The molecule has 0 N–H and O–H groups in total. The molecule has 15 aliphatic rings. The summed E-state index contributed by atoms with van der Waals surface area (Å²) in [6, 6.07) is -1.97. The van der Waals surface area contributed by atoms with E-state index in [1.807, 2.05) is 0 Å². The van der Waals surface area contributed by atoms with E-state index in [4.69, 9.17) is 0 Å². The number of rotatable bonds is 15. The molecule has 3 aliphatic heterocycles. The Morgan fingerprint density at radius 2 is 0.500 bits per heavy atom. The van der Waals surface area contributed by atoms with Gasteiger partial charge in [0.15, 0.2) is 0 Å². The lowest BCUT2D eigenvalue weighted by atomic mass is 9.49. The first-order valence-electron chi connectivity index (χ1n) is 24.9. The molecule has 0 spiro atoms. The molecule has 0 atom stereocenters. The monoisotopic (exact) mass is 881 g/mol. The van der Waals surface area contributed by atoms with E-state index in [0.717, 1.165) is 87.2 Å². The van der Waals surface area contributed by atoms with E-state index in [1.54, 1.807) is 4.90 Å². The maximum Gasteiger partial charge on any atom is 0.334 e. The zero-order valence-corrected chi connectivity index (χ0v) is 37.1.